The van der Waals surface area contributed by atoms with Gasteiger partial charge in [-0.3, -0.25) is 4.79 Å². The number of likely N-dealkylation sites (tertiary alicyclic amines) is 1. The van der Waals surface area contributed by atoms with Crippen molar-refractivity contribution in [2.24, 2.45) is 5.92 Å². The van der Waals surface area contributed by atoms with E-state index in [1.165, 1.54) is 32.4 Å². The van der Waals surface area contributed by atoms with E-state index in [0.29, 0.717) is 6.04 Å². The van der Waals surface area contributed by atoms with Gasteiger partial charge >= 0.3 is 0 Å². The number of amides is 1. The van der Waals surface area contributed by atoms with Crippen molar-refractivity contribution in [3.8, 4) is 0 Å². The van der Waals surface area contributed by atoms with Crippen molar-refractivity contribution in [1.29, 1.82) is 0 Å². The lowest BCUT2D eigenvalue weighted by Gasteiger charge is -2.17. The van der Waals surface area contributed by atoms with Crippen LogP contribution >= 0.6 is 0 Å². The Morgan fingerprint density at radius 3 is 2.76 bits per heavy atom. The topological polar surface area (TPSA) is 44.4 Å². The molecule has 4 heteroatoms. The molecule has 1 heterocycles. The molecule has 0 spiro atoms. The first-order chi connectivity index (χ1) is 8.09. The fourth-order valence-corrected chi connectivity index (χ4v) is 2.11. The SMILES string of the molecule is CC(C)C(=O)NCCNC1CCCN(C)CC1. The molecule has 1 fully saturated rings. The van der Waals surface area contributed by atoms with Crippen LogP contribution in [0.1, 0.15) is 33.1 Å². The predicted molar refractivity (Wildman–Crippen MR) is 71.0 cm³/mol. The van der Waals surface area contributed by atoms with Gasteiger partial charge in [0.05, 0.1) is 0 Å². The minimum absolute atomic E-state index is 0.0848. The summed E-state index contributed by atoms with van der Waals surface area (Å²) in [7, 11) is 2.19. The summed E-state index contributed by atoms with van der Waals surface area (Å²) in [6.45, 7) is 7.85. The van der Waals surface area contributed by atoms with E-state index in [9.17, 15) is 4.79 Å². The van der Waals surface area contributed by atoms with Crippen molar-refractivity contribution in [1.82, 2.24) is 15.5 Å². The molecule has 0 radical (unpaired) electrons. The number of nitrogens with zero attached hydrogens (tertiary/aromatic N) is 1. The van der Waals surface area contributed by atoms with Crippen molar-refractivity contribution in [2.45, 2.75) is 39.2 Å². The Kier molecular flexibility index (Phi) is 6.52. The molecule has 1 aliphatic rings. The fourth-order valence-electron chi connectivity index (χ4n) is 2.11. The van der Waals surface area contributed by atoms with Crippen LogP contribution < -0.4 is 10.6 Å². The summed E-state index contributed by atoms with van der Waals surface area (Å²) >= 11 is 0. The van der Waals surface area contributed by atoms with Crippen molar-refractivity contribution >= 4 is 5.91 Å². The Hall–Kier alpha value is -0.610. The Balaban J connectivity index is 2.08. The van der Waals surface area contributed by atoms with Crippen molar-refractivity contribution < 1.29 is 4.79 Å². The second-order valence-corrected chi connectivity index (χ2v) is 5.33. The molecule has 1 aliphatic heterocycles. The predicted octanol–water partition coefficient (Wildman–Crippen LogP) is 0.833. The molecule has 4 nitrogen and oxygen atoms in total. The first-order valence-corrected chi connectivity index (χ1v) is 6.79. The smallest absolute Gasteiger partial charge is 0.222 e. The van der Waals surface area contributed by atoms with Gasteiger partial charge in [-0.25, -0.2) is 0 Å². The Morgan fingerprint density at radius 2 is 2.06 bits per heavy atom. The molecule has 0 saturated carbocycles. The fraction of sp³-hybridized carbons (Fsp3) is 0.923. The number of hydrogen-bond acceptors (Lipinski definition) is 3. The molecule has 1 atom stereocenters. The minimum Gasteiger partial charge on any atom is -0.355 e. The van der Waals surface area contributed by atoms with Crippen LogP contribution in [0.25, 0.3) is 0 Å². The molecule has 1 saturated heterocycles. The van der Waals surface area contributed by atoms with Gasteiger partial charge in [0.25, 0.3) is 0 Å². The molecular formula is C13H27N3O. The van der Waals surface area contributed by atoms with Crippen LogP contribution in [0.5, 0.6) is 0 Å². The lowest BCUT2D eigenvalue weighted by molar-refractivity contribution is -0.123. The van der Waals surface area contributed by atoms with Gasteiger partial charge in [0.2, 0.25) is 5.91 Å². The highest BCUT2D eigenvalue weighted by Gasteiger charge is 2.13. The highest BCUT2D eigenvalue weighted by molar-refractivity contribution is 5.77. The molecule has 0 aromatic rings. The van der Waals surface area contributed by atoms with Gasteiger partial charge < -0.3 is 15.5 Å². The summed E-state index contributed by atoms with van der Waals surface area (Å²) in [5, 5.41) is 6.47. The summed E-state index contributed by atoms with van der Waals surface area (Å²) in [5.41, 5.74) is 0. The zero-order valence-electron chi connectivity index (χ0n) is 11.5. The van der Waals surface area contributed by atoms with Crippen LogP contribution in [-0.2, 0) is 4.79 Å². The average molecular weight is 241 g/mol. The van der Waals surface area contributed by atoms with Crippen LogP contribution in [0.15, 0.2) is 0 Å². The third-order valence-corrected chi connectivity index (χ3v) is 3.33. The second-order valence-electron chi connectivity index (χ2n) is 5.33. The van der Waals surface area contributed by atoms with E-state index in [4.69, 9.17) is 0 Å². The molecule has 17 heavy (non-hydrogen) atoms. The maximum Gasteiger partial charge on any atom is 0.222 e. The largest absolute Gasteiger partial charge is 0.355 e. The first-order valence-electron chi connectivity index (χ1n) is 6.79. The Morgan fingerprint density at radius 1 is 1.29 bits per heavy atom. The van der Waals surface area contributed by atoms with Gasteiger partial charge in [-0.2, -0.15) is 0 Å². The summed E-state index contributed by atoms with van der Waals surface area (Å²) < 4.78 is 0. The summed E-state index contributed by atoms with van der Waals surface area (Å²) in [5.74, 6) is 0.230. The molecule has 0 aliphatic carbocycles. The van der Waals surface area contributed by atoms with Gasteiger partial charge in [-0.1, -0.05) is 13.8 Å². The third-order valence-electron chi connectivity index (χ3n) is 3.33. The molecule has 1 amide bonds. The monoisotopic (exact) mass is 241 g/mol. The van der Waals surface area contributed by atoms with Gasteiger partial charge in [-0.15, -0.1) is 0 Å². The van der Waals surface area contributed by atoms with E-state index < -0.39 is 0 Å². The molecule has 2 N–H and O–H groups in total. The molecule has 0 bridgehead atoms. The second kappa shape index (κ2) is 7.67. The van der Waals surface area contributed by atoms with E-state index in [0.717, 1.165) is 13.1 Å². The standard InChI is InChI=1S/C13H27N3O/c1-11(2)13(17)15-8-7-14-12-5-4-9-16(3)10-6-12/h11-12,14H,4-10H2,1-3H3,(H,15,17). The minimum atomic E-state index is 0.0848. The van der Waals surface area contributed by atoms with Crippen LogP contribution in [0.3, 0.4) is 0 Å². The lowest BCUT2D eigenvalue weighted by atomic mass is 10.1. The van der Waals surface area contributed by atoms with Gasteiger partial charge in [0.1, 0.15) is 0 Å². The van der Waals surface area contributed by atoms with E-state index in [1.807, 2.05) is 13.8 Å². The molecule has 100 valence electrons. The Bertz CT molecular complexity index is 231. The molecule has 1 unspecified atom stereocenters. The number of hydrogen-bond donors (Lipinski definition) is 2. The van der Waals surface area contributed by atoms with Gasteiger partial charge in [-0.05, 0) is 39.4 Å². The van der Waals surface area contributed by atoms with E-state index in [-0.39, 0.29) is 11.8 Å². The van der Waals surface area contributed by atoms with Crippen LogP contribution in [0.2, 0.25) is 0 Å². The first kappa shape index (κ1) is 14.5. The average Bonchev–Trinajstić information content (AvgIpc) is 2.49. The highest BCUT2D eigenvalue weighted by Crippen LogP contribution is 2.08. The summed E-state index contributed by atoms with van der Waals surface area (Å²) in [6.07, 6.45) is 3.74. The quantitative estimate of drug-likeness (QED) is 0.701. The molecular weight excluding hydrogens is 214 g/mol. The lowest BCUT2D eigenvalue weighted by Crippen LogP contribution is -2.38. The number of nitrogens with one attached hydrogen (secondary N) is 2. The number of rotatable bonds is 5. The van der Waals surface area contributed by atoms with Crippen LogP contribution in [-0.4, -0.2) is 50.1 Å². The molecule has 0 aromatic carbocycles. The van der Waals surface area contributed by atoms with E-state index in [1.54, 1.807) is 0 Å². The zero-order valence-corrected chi connectivity index (χ0v) is 11.5. The molecule has 0 aromatic heterocycles. The molecule has 1 rings (SSSR count). The van der Waals surface area contributed by atoms with E-state index in [2.05, 4.69) is 22.6 Å². The normalized spacial score (nSPS) is 22.5. The van der Waals surface area contributed by atoms with Crippen LogP contribution in [0.4, 0.5) is 0 Å². The Labute approximate surface area is 105 Å². The number of carbonyl (C=O) groups excluding carboxylic acids is 1. The van der Waals surface area contributed by atoms with Gasteiger partial charge in [0, 0.05) is 25.0 Å². The van der Waals surface area contributed by atoms with Crippen molar-refractivity contribution in [3.05, 3.63) is 0 Å². The third kappa shape index (κ3) is 6.03. The van der Waals surface area contributed by atoms with E-state index >= 15 is 0 Å². The highest BCUT2D eigenvalue weighted by atomic mass is 16.1. The summed E-state index contributed by atoms with van der Waals surface area (Å²) in [4.78, 5) is 13.7. The maximum atomic E-state index is 11.3. The maximum absolute atomic E-state index is 11.3. The van der Waals surface area contributed by atoms with Crippen molar-refractivity contribution in [2.75, 3.05) is 33.2 Å². The zero-order chi connectivity index (χ0) is 12.7. The van der Waals surface area contributed by atoms with Crippen LogP contribution in [0, 0.1) is 5.92 Å². The van der Waals surface area contributed by atoms with Gasteiger partial charge in [0.15, 0.2) is 0 Å². The van der Waals surface area contributed by atoms with Crippen molar-refractivity contribution in [3.63, 3.8) is 0 Å². The summed E-state index contributed by atoms with van der Waals surface area (Å²) in [6, 6.07) is 0.621. The number of carbonyl (C=O) groups is 1.